The number of aromatic nitrogens is 3. The van der Waals surface area contributed by atoms with Gasteiger partial charge in [-0.3, -0.25) is 4.68 Å². The van der Waals surface area contributed by atoms with Gasteiger partial charge in [-0.15, -0.1) is 0 Å². The van der Waals surface area contributed by atoms with Crippen LogP contribution in [0, 0.1) is 5.82 Å². The maximum atomic E-state index is 13.8. The highest BCUT2D eigenvalue weighted by molar-refractivity contribution is 5.60. The summed E-state index contributed by atoms with van der Waals surface area (Å²) in [7, 11) is 1.53. The Labute approximate surface area is 141 Å². The number of ether oxygens (including phenoxy) is 2. The maximum Gasteiger partial charge on any atom is 0.387 e. The van der Waals surface area contributed by atoms with Gasteiger partial charge >= 0.3 is 6.61 Å². The largest absolute Gasteiger partial charge is 0.481 e. The predicted molar refractivity (Wildman–Crippen MR) is 84.1 cm³/mol. The van der Waals surface area contributed by atoms with Gasteiger partial charge in [0.15, 0.2) is 11.6 Å². The molecule has 0 saturated heterocycles. The minimum Gasteiger partial charge on any atom is -0.481 e. The van der Waals surface area contributed by atoms with Crippen LogP contribution in [0.3, 0.4) is 0 Å². The van der Waals surface area contributed by atoms with Gasteiger partial charge in [0.25, 0.3) is 0 Å². The third-order valence-electron chi connectivity index (χ3n) is 3.46. The van der Waals surface area contributed by atoms with Crippen LogP contribution in [0.5, 0.6) is 11.6 Å². The zero-order valence-corrected chi connectivity index (χ0v) is 13.2. The average molecular weight is 349 g/mol. The number of benzene rings is 1. The van der Waals surface area contributed by atoms with Crippen molar-refractivity contribution < 1.29 is 22.6 Å². The molecule has 8 heteroatoms. The van der Waals surface area contributed by atoms with E-state index >= 15 is 0 Å². The molecule has 0 bridgehead atoms. The van der Waals surface area contributed by atoms with E-state index in [1.165, 1.54) is 13.2 Å². The van der Waals surface area contributed by atoms with Crippen molar-refractivity contribution in [3.05, 3.63) is 60.2 Å². The van der Waals surface area contributed by atoms with Gasteiger partial charge in [0.05, 0.1) is 19.3 Å². The van der Waals surface area contributed by atoms with Gasteiger partial charge in [-0.1, -0.05) is 6.07 Å². The quantitative estimate of drug-likeness (QED) is 0.680. The van der Waals surface area contributed by atoms with Gasteiger partial charge in [0.1, 0.15) is 0 Å². The molecule has 3 rings (SSSR count). The van der Waals surface area contributed by atoms with Gasteiger partial charge in [-0.05, 0) is 30.3 Å². The Balaban J connectivity index is 1.80. The molecule has 0 atom stereocenters. The zero-order chi connectivity index (χ0) is 17.8. The number of hydrogen-bond donors (Lipinski definition) is 0. The summed E-state index contributed by atoms with van der Waals surface area (Å²) in [5.74, 6) is -0.876. The van der Waals surface area contributed by atoms with E-state index in [1.807, 2.05) is 6.07 Å². The molecule has 0 aliphatic heterocycles. The molecular formula is C17H14F3N3O2. The van der Waals surface area contributed by atoms with Gasteiger partial charge in [-0.2, -0.15) is 13.9 Å². The Morgan fingerprint density at radius 2 is 2.04 bits per heavy atom. The fourth-order valence-corrected chi connectivity index (χ4v) is 2.36. The number of hydrogen-bond acceptors (Lipinski definition) is 4. The Morgan fingerprint density at radius 3 is 2.76 bits per heavy atom. The molecule has 2 aromatic heterocycles. The van der Waals surface area contributed by atoms with Crippen molar-refractivity contribution >= 4 is 0 Å². The summed E-state index contributed by atoms with van der Waals surface area (Å²) in [5, 5.41) is 4.36. The van der Waals surface area contributed by atoms with Crippen molar-refractivity contribution in [2.45, 2.75) is 13.2 Å². The maximum absolute atomic E-state index is 13.8. The molecule has 0 aliphatic carbocycles. The molecule has 0 N–H and O–H groups in total. The highest BCUT2D eigenvalue weighted by atomic mass is 19.3. The second kappa shape index (κ2) is 7.25. The fourth-order valence-electron chi connectivity index (χ4n) is 2.36. The lowest BCUT2D eigenvalue weighted by atomic mass is 10.1. The Morgan fingerprint density at radius 1 is 1.20 bits per heavy atom. The van der Waals surface area contributed by atoms with Crippen molar-refractivity contribution in [1.82, 2.24) is 14.8 Å². The Hall–Kier alpha value is -3.03. The SMILES string of the molecule is COc1ncccc1Cn1ccc(-c2ccc(OC(F)F)c(F)c2)n1. The number of pyridine rings is 1. The minimum atomic E-state index is -3.07. The second-order valence-corrected chi connectivity index (χ2v) is 5.09. The lowest BCUT2D eigenvalue weighted by Gasteiger charge is -2.07. The second-order valence-electron chi connectivity index (χ2n) is 5.09. The van der Waals surface area contributed by atoms with Crippen molar-refractivity contribution in [3.8, 4) is 22.9 Å². The highest BCUT2D eigenvalue weighted by Gasteiger charge is 2.12. The summed E-state index contributed by atoms with van der Waals surface area (Å²) in [6.07, 6.45) is 3.35. The highest BCUT2D eigenvalue weighted by Crippen LogP contribution is 2.26. The fraction of sp³-hybridized carbons (Fsp3) is 0.176. The molecule has 2 heterocycles. The summed E-state index contributed by atoms with van der Waals surface area (Å²) in [4.78, 5) is 4.12. The molecule has 0 radical (unpaired) electrons. The first-order valence-corrected chi connectivity index (χ1v) is 7.33. The van der Waals surface area contributed by atoms with E-state index < -0.39 is 18.2 Å². The van der Waals surface area contributed by atoms with E-state index in [0.29, 0.717) is 23.7 Å². The van der Waals surface area contributed by atoms with Gasteiger partial charge < -0.3 is 9.47 Å². The first-order valence-electron chi connectivity index (χ1n) is 7.33. The van der Waals surface area contributed by atoms with Crippen LogP contribution in [0.1, 0.15) is 5.56 Å². The lowest BCUT2D eigenvalue weighted by molar-refractivity contribution is -0.0521. The van der Waals surface area contributed by atoms with Crippen LogP contribution >= 0.6 is 0 Å². The molecule has 0 aliphatic rings. The number of methoxy groups -OCH3 is 1. The van der Waals surface area contributed by atoms with E-state index in [0.717, 1.165) is 17.7 Å². The first kappa shape index (κ1) is 16.8. The molecule has 0 saturated carbocycles. The molecule has 0 fully saturated rings. The first-order chi connectivity index (χ1) is 12.1. The predicted octanol–water partition coefficient (Wildman–Crippen LogP) is 3.74. The third kappa shape index (κ3) is 3.90. The Kier molecular flexibility index (Phi) is 4.87. The van der Waals surface area contributed by atoms with E-state index in [4.69, 9.17) is 4.74 Å². The molecule has 1 aromatic carbocycles. The van der Waals surface area contributed by atoms with Crippen LogP contribution in [0.4, 0.5) is 13.2 Å². The molecule has 0 amide bonds. The smallest absolute Gasteiger partial charge is 0.387 e. The van der Waals surface area contributed by atoms with Crippen molar-refractivity contribution in [2.24, 2.45) is 0 Å². The van der Waals surface area contributed by atoms with E-state index in [1.54, 1.807) is 29.2 Å². The van der Waals surface area contributed by atoms with E-state index in [9.17, 15) is 13.2 Å². The summed E-state index contributed by atoms with van der Waals surface area (Å²) in [6, 6.07) is 9.08. The number of rotatable bonds is 6. The van der Waals surface area contributed by atoms with E-state index in [-0.39, 0.29) is 0 Å². The topological polar surface area (TPSA) is 49.2 Å². The van der Waals surface area contributed by atoms with Crippen LogP contribution in [-0.2, 0) is 6.54 Å². The van der Waals surface area contributed by atoms with Crippen molar-refractivity contribution in [1.29, 1.82) is 0 Å². The molecule has 5 nitrogen and oxygen atoms in total. The molecule has 3 aromatic rings. The standard InChI is InChI=1S/C17H14F3N3O2/c1-24-16-12(3-2-7-21-16)10-23-8-6-14(22-23)11-4-5-15(13(18)9-11)25-17(19)20/h2-9,17H,10H2,1H3. The zero-order valence-electron chi connectivity index (χ0n) is 13.2. The third-order valence-corrected chi connectivity index (χ3v) is 3.46. The van der Waals surface area contributed by atoms with Crippen molar-refractivity contribution in [2.75, 3.05) is 7.11 Å². The van der Waals surface area contributed by atoms with Crippen LogP contribution in [0.2, 0.25) is 0 Å². The summed E-state index contributed by atoms with van der Waals surface area (Å²) < 4.78 is 49.1. The summed E-state index contributed by atoms with van der Waals surface area (Å²) in [5.41, 5.74) is 1.80. The normalized spacial score (nSPS) is 10.9. The molecule has 0 spiro atoms. The van der Waals surface area contributed by atoms with E-state index in [2.05, 4.69) is 14.8 Å². The van der Waals surface area contributed by atoms with Crippen LogP contribution in [0.25, 0.3) is 11.3 Å². The minimum absolute atomic E-state index is 0.423. The molecule has 25 heavy (non-hydrogen) atoms. The average Bonchev–Trinajstić information content (AvgIpc) is 3.05. The monoisotopic (exact) mass is 349 g/mol. The summed E-state index contributed by atoms with van der Waals surface area (Å²) in [6.45, 7) is -2.65. The molecular weight excluding hydrogens is 335 g/mol. The molecule has 130 valence electrons. The van der Waals surface area contributed by atoms with Gasteiger partial charge in [0.2, 0.25) is 5.88 Å². The lowest BCUT2D eigenvalue weighted by Crippen LogP contribution is -2.04. The Bertz CT molecular complexity index is 868. The molecule has 0 unspecified atom stereocenters. The summed E-state index contributed by atoms with van der Waals surface area (Å²) >= 11 is 0. The number of halogens is 3. The number of alkyl halides is 2. The van der Waals surface area contributed by atoms with Crippen LogP contribution in [0.15, 0.2) is 48.8 Å². The van der Waals surface area contributed by atoms with Crippen LogP contribution in [-0.4, -0.2) is 28.5 Å². The number of nitrogens with zero attached hydrogens (tertiary/aromatic N) is 3. The van der Waals surface area contributed by atoms with Gasteiger partial charge in [0, 0.05) is 23.5 Å². The van der Waals surface area contributed by atoms with Gasteiger partial charge in [-0.25, -0.2) is 9.37 Å². The van der Waals surface area contributed by atoms with Crippen molar-refractivity contribution in [3.63, 3.8) is 0 Å². The van der Waals surface area contributed by atoms with Crippen LogP contribution < -0.4 is 9.47 Å².